The van der Waals surface area contributed by atoms with Crippen LogP contribution in [0.4, 0.5) is 11.5 Å². The van der Waals surface area contributed by atoms with Crippen molar-refractivity contribution in [1.29, 1.82) is 0 Å². The van der Waals surface area contributed by atoms with E-state index >= 15 is 0 Å². The van der Waals surface area contributed by atoms with Crippen molar-refractivity contribution in [2.75, 3.05) is 31.5 Å². The number of carbonyl (C=O) groups excluding carboxylic acids is 1. The minimum Gasteiger partial charge on any atom is -0.493 e. The zero-order valence-corrected chi connectivity index (χ0v) is 20.0. The number of aryl methyl sites for hydroxylation is 1. The Labute approximate surface area is 200 Å². The number of benzene rings is 2. The molecular formula is C23H24N6O4S. The van der Waals surface area contributed by atoms with E-state index in [1.807, 2.05) is 37.4 Å². The number of methoxy groups -OCH3 is 2. The molecule has 2 aromatic carbocycles. The predicted octanol–water partition coefficient (Wildman–Crippen LogP) is 3.87. The van der Waals surface area contributed by atoms with Crippen LogP contribution in [0.25, 0.3) is 22.8 Å². The molecule has 0 saturated carbocycles. The van der Waals surface area contributed by atoms with Crippen molar-refractivity contribution in [3.63, 3.8) is 0 Å². The van der Waals surface area contributed by atoms with Crippen LogP contribution in [0, 0.1) is 6.92 Å². The minimum absolute atomic E-state index is 0.0655. The molecule has 1 amide bonds. The molecule has 4 rings (SSSR count). The lowest BCUT2D eigenvalue weighted by molar-refractivity contribution is -0.116. The molecule has 0 unspecified atom stereocenters. The highest BCUT2D eigenvalue weighted by Crippen LogP contribution is 2.36. The van der Waals surface area contributed by atoms with E-state index in [-0.39, 0.29) is 24.2 Å². The summed E-state index contributed by atoms with van der Waals surface area (Å²) in [4.78, 5) is 17.1. The number of anilines is 2. The van der Waals surface area contributed by atoms with E-state index in [4.69, 9.17) is 19.7 Å². The van der Waals surface area contributed by atoms with Crippen LogP contribution in [0.15, 0.2) is 52.0 Å². The van der Waals surface area contributed by atoms with Crippen molar-refractivity contribution < 1.29 is 18.8 Å². The van der Waals surface area contributed by atoms with Gasteiger partial charge in [-0.15, -0.1) is 11.8 Å². The Balaban J connectivity index is 1.60. The third-order valence-corrected chi connectivity index (χ3v) is 5.70. The number of nitrogens with two attached hydrogens (primary N) is 1. The molecule has 2 aromatic heterocycles. The maximum absolute atomic E-state index is 12.6. The molecule has 0 bridgehead atoms. The highest BCUT2D eigenvalue weighted by molar-refractivity contribution is 7.98. The highest BCUT2D eigenvalue weighted by Gasteiger charge is 2.24. The van der Waals surface area contributed by atoms with Gasteiger partial charge in [-0.1, -0.05) is 17.3 Å². The second-order valence-corrected chi connectivity index (χ2v) is 8.13. The SMILES string of the molecule is COc1ccc(-c2noc(-c3c(SC)nn(CC(=O)Nc4cccc(C)c4)c3N)n2)cc1OC. The standard InChI is InChI=1S/C23H24N6O4S/c1-13-6-5-7-15(10-13)25-18(30)12-29-20(24)19(23(27-29)34-4)22-26-21(28-33-22)14-8-9-16(31-2)17(11-14)32-3/h5-11H,12,24H2,1-4H3,(H,25,30). The third-order valence-electron chi connectivity index (χ3n) is 5.03. The molecule has 0 spiro atoms. The van der Waals surface area contributed by atoms with Gasteiger partial charge in [0.15, 0.2) is 11.5 Å². The molecule has 0 aliphatic carbocycles. The average molecular weight is 481 g/mol. The maximum Gasteiger partial charge on any atom is 0.264 e. The van der Waals surface area contributed by atoms with E-state index < -0.39 is 0 Å². The lowest BCUT2D eigenvalue weighted by Crippen LogP contribution is -2.20. The summed E-state index contributed by atoms with van der Waals surface area (Å²) < 4.78 is 17.6. The molecule has 2 heterocycles. The number of aromatic nitrogens is 4. The van der Waals surface area contributed by atoms with Crippen molar-refractivity contribution in [3.05, 3.63) is 48.0 Å². The summed E-state index contributed by atoms with van der Waals surface area (Å²) in [6, 6.07) is 12.9. The van der Waals surface area contributed by atoms with Crippen LogP contribution in [-0.2, 0) is 11.3 Å². The first-order chi connectivity index (χ1) is 16.4. The largest absolute Gasteiger partial charge is 0.493 e. The summed E-state index contributed by atoms with van der Waals surface area (Å²) in [6.45, 7) is 1.89. The summed E-state index contributed by atoms with van der Waals surface area (Å²) in [5.74, 6) is 1.70. The highest BCUT2D eigenvalue weighted by atomic mass is 32.2. The first kappa shape index (κ1) is 23.2. The van der Waals surface area contributed by atoms with Gasteiger partial charge in [-0.05, 0) is 49.1 Å². The summed E-state index contributed by atoms with van der Waals surface area (Å²) in [5, 5.41) is 12.0. The van der Waals surface area contributed by atoms with E-state index in [1.165, 1.54) is 16.4 Å². The summed E-state index contributed by atoms with van der Waals surface area (Å²) in [5.41, 5.74) is 9.27. The van der Waals surface area contributed by atoms with Crippen molar-refractivity contribution in [2.24, 2.45) is 0 Å². The second kappa shape index (κ2) is 9.87. The van der Waals surface area contributed by atoms with Gasteiger partial charge in [-0.2, -0.15) is 10.1 Å². The Bertz CT molecular complexity index is 1330. The fourth-order valence-electron chi connectivity index (χ4n) is 3.39. The lowest BCUT2D eigenvalue weighted by atomic mass is 10.2. The Morgan fingerprint density at radius 2 is 1.97 bits per heavy atom. The van der Waals surface area contributed by atoms with Gasteiger partial charge in [0.05, 0.1) is 14.2 Å². The number of rotatable bonds is 8. The van der Waals surface area contributed by atoms with E-state index in [9.17, 15) is 4.79 Å². The van der Waals surface area contributed by atoms with Gasteiger partial charge in [0.2, 0.25) is 11.7 Å². The fourth-order valence-corrected chi connectivity index (χ4v) is 3.97. The fraction of sp³-hybridized carbons (Fsp3) is 0.217. The Morgan fingerprint density at radius 3 is 2.68 bits per heavy atom. The monoisotopic (exact) mass is 480 g/mol. The quantitative estimate of drug-likeness (QED) is 0.361. The molecule has 11 heteroatoms. The lowest BCUT2D eigenvalue weighted by Gasteiger charge is -2.07. The summed E-state index contributed by atoms with van der Waals surface area (Å²) in [7, 11) is 3.12. The van der Waals surface area contributed by atoms with Crippen LogP contribution in [0.3, 0.4) is 0 Å². The Kier molecular flexibility index (Phi) is 6.73. The Morgan fingerprint density at radius 1 is 1.18 bits per heavy atom. The number of carbonyl (C=O) groups is 1. The van der Waals surface area contributed by atoms with Crippen molar-refractivity contribution >= 4 is 29.2 Å². The molecule has 0 aliphatic heterocycles. The number of nitrogens with zero attached hydrogens (tertiary/aromatic N) is 4. The van der Waals surface area contributed by atoms with Crippen LogP contribution >= 0.6 is 11.8 Å². The molecule has 34 heavy (non-hydrogen) atoms. The van der Waals surface area contributed by atoms with E-state index in [1.54, 1.807) is 32.4 Å². The van der Waals surface area contributed by atoms with Crippen LogP contribution < -0.4 is 20.5 Å². The number of ether oxygens (including phenoxy) is 2. The van der Waals surface area contributed by atoms with Crippen LogP contribution in [0.5, 0.6) is 11.5 Å². The average Bonchev–Trinajstić information content (AvgIpc) is 3.43. The number of nitrogens with one attached hydrogen (secondary N) is 1. The molecule has 4 aromatic rings. The van der Waals surface area contributed by atoms with Gasteiger partial charge < -0.3 is 25.0 Å². The third kappa shape index (κ3) is 4.69. The minimum atomic E-state index is -0.254. The first-order valence-electron chi connectivity index (χ1n) is 10.3. The first-order valence-corrected chi connectivity index (χ1v) is 11.5. The van der Waals surface area contributed by atoms with E-state index in [0.717, 1.165) is 5.56 Å². The molecule has 0 fully saturated rings. The van der Waals surface area contributed by atoms with Crippen molar-refractivity contribution in [1.82, 2.24) is 19.9 Å². The number of hydrogen-bond donors (Lipinski definition) is 2. The molecule has 0 radical (unpaired) electrons. The van der Waals surface area contributed by atoms with E-state index in [2.05, 4.69) is 20.6 Å². The van der Waals surface area contributed by atoms with Gasteiger partial charge >= 0.3 is 0 Å². The molecule has 10 nitrogen and oxygen atoms in total. The van der Waals surface area contributed by atoms with Gasteiger partial charge in [-0.3, -0.25) is 4.79 Å². The molecule has 0 atom stereocenters. The van der Waals surface area contributed by atoms with Gasteiger partial charge in [0.25, 0.3) is 5.89 Å². The van der Waals surface area contributed by atoms with E-state index in [0.29, 0.717) is 39.2 Å². The maximum atomic E-state index is 12.6. The van der Waals surface area contributed by atoms with Crippen LogP contribution in [0.2, 0.25) is 0 Å². The number of amides is 1. The van der Waals surface area contributed by atoms with Crippen molar-refractivity contribution in [3.8, 4) is 34.3 Å². The zero-order chi connectivity index (χ0) is 24.2. The number of thioether (sulfide) groups is 1. The molecular weight excluding hydrogens is 456 g/mol. The second-order valence-electron chi connectivity index (χ2n) is 7.34. The van der Waals surface area contributed by atoms with Gasteiger partial charge in [0.1, 0.15) is 23.0 Å². The van der Waals surface area contributed by atoms with Crippen molar-refractivity contribution in [2.45, 2.75) is 18.5 Å². The number of hydrogen-bond acceptors (Lipinski definition) is 9. The smallest absolute Gasteiger partial charge is 0.264 e. The summed E-state index contributed by atoms with van der Waals surface area (Å²) >= 11 is 1.37. The van der Waals surface area contributed by atoms with Gasteiger partial charge in [-0.25, -0.2) is 4.68 Å². The predicted molar refractivity (Wildman–Crippen MR) is 130 cm³/mol. The molecule has 3 N–H and O–H groups in total. The Hall–Kier alpha value is -3.99. The molecule has 0 aliphatic rings. The van der Waals surface area contributed by atoms with Crippen LogP contribution in [-0.4, -0.2) is 46.3 Å². The normalized spacial score (nSPS) is 10.8. The number of nitrogen functional groups attached to an aromatic ring is 1. The summed E-state index contributed by atoms with van der Waals surface area (Å²) in [6.07, 6.45) is 1.86. The molecule has 176 valence electrons. The topological polar surface area (TPSA) is 130 Å². The zero-order valence-electron chi connectivity index (χ0n) is 19.2. The van der Waals surface area contributed by atoms with Crippen LogP contribution in [0.1, 0.15) is 5.56 Å². The molecule has 0 saturated heterocycles. The van der Waals surface area contributed by atoms with Gasteiger partial charge in [0, 0.05) is 11.3 Å².